The number of allylic oxidation sites excluding steroid dienone is 3. The molecule has 0 N–H and O–H groups in total. The molecule has 0 fully saturated rings. The van der Waals surface area contributed by atoms with Crippen LogP contribution in [-0.2, 0) is 4.79 Å². The lowest BCUT2D eigenvalue weighted by atomic mass is 9.99. The Bertz CT molecular complexity index is 374. The first kappa shape index (κ1) is 12.7. The van der Waals surface area contributed by atoms with Gasteiger partial charge in [0.2, 0.25) is 0 Å². The van der Waals surface area contributed by atoms with Crippen molar-refractivity contribution in [3.63, 3.8) is 0 Å². The van der Waals surface area contributed by atoms with E-state index in [-0.39, 0.29) is 5.78 Å². The predicted molar refractivity (Wildman–Crippen MR) is 68.3 cm³/mol. The van der Waals surface area contributed by atoms with E-state index in [4.69, 9.17) is 0 Å². The third-order valence-corrected chi connectivity index (χ3v) is 2.62. The molecule has 0 aromatic rings. The molecule has 1 heterocycles. The summed E-state index contributed by atoms with van der Waals surface area (Å²) in [5.41, 5.74) is 2.69. The van der Waals surface area contributed by atoms with Crippen molar-refractivity contribution >= 4 is 5.78 Å². The first-order chi connectivity index (χ1) is 7.50. The van der Waals surface area contributed by atoms with Crippen LogP contribution in [0.4, 0.5) is 0 Å². The molecule has 0 aromatic heterocycles. The molecule has 0 atom stereocenters. The molecule has 0 radical (unpaired) electrons. The molecule has 2 nitrogen and oxygen atoms in total. The van der Waals surface area contributed by atoms with E-state index in [0.29, 0.717) is 0 Å². The lowest BCUT2D eigenvalue weighted by molar-refractivity contribution is -0.113. The van der Waals surface area contributed by atoms with Crippen LogP contribution in [0.15, 0.2) is 48.1 Å². The number of rotatable bonds is 1. The van der Waals surface area contributed by atoms with E-state index in [1.54, 1.807) is 6.92 Å². The number of ketones is 1. The number of Topliss-reactive ketones (excluding diaryl/α,β-unsaturated/α-hetero) is 1. The van der Waals surface area contributed by atoms with Crippen LogP contribution >= 0.6 is 0 Å². The van der Waals surface area contributed by atoms with Gasteiger partial charge < -0.3 is 4.90 Å². The molecule has 0 unspecified atom stereocenters. The Labute approximate surface area is 97.6 Å². The quantitative estimate of drug-likeness (QED) is 0.672. The summed E-state index contributed by atoms with van der Waals surface area (Å²) in [5, 5.41) is 0. The fourth-order valence-electron chi connectivity index (χ4n) is 1.70. The smallest absolute Gasteiger partial charge is 0.160 e. The van der Waals surface area contributed by atoms with E-state index in [2.05, 4.69) is 18.1 Å². The van der Waals surface area contributed by atoms with Gasteiger partial charge in [-0.1, -0.05) is 31.4 Å². The predicted octanol–water partition coefficient (Wildman–Crippen LogP) is 2.51. The molecule has 1 rings (SSSR count). The van der Waals surface area contributed by atoms with Crippen LogP contribution in [0.1, 0.15) is 13.3 Å². The van der Waals surface area contributed by atoms with E-state index in [1.807, 2.05) is 25.3 Å². The van der Waals surface area contributed by atoms with Gasteiger partial charge in [-0.25, -0.2) is 0 Å². The van der Waals surface area contributed by atoms with Crippen LogP contribution in [0, 0.1) is 0 Å². The summed E-state index contributed by atoms with van der Waals surface area (Å²) in [6.45, 7) is 11.3. The van der Waals surface area contributed by atoms with Gasteiger partial charge in [0.25, 0.3) is 0 Å². The molecule has 86 valence electrons. The average Bonchev–Trinajstić information content (AvgIpc) is 2.19. The maximum atomic E-state index is 11.4. The van der Waals surface area contributed by atoms with Crippen molar-refractivity contribution in [1.29, 1.82) is 0 Å². The fraction of sp³-hybridized carbons (Fsp3) is 0.357. The highest BCUT2D eigenvalue weighted by Crippen LogP contribution is 2.15. The first-order valence-corrected chi connectivity index (χ1v) is 5.44. The SMILES string of the molecule is C=C1/C=C\C=C(\C(C)=O)C(=C)CCN(C)C1. The normalized spacial score (nSPS) is 24.8. The summed E-state index contributed by atoms with van der Waals surface area (Å²) in [5.74, 6) is 0.0727. The second-order valence-corrected chi connectivity index (χ2v) is 4.25. The Morgan fingerprint density at radius 2 is 2.12 bits per heavy atom. The zero-order chi connectivity index (χ0) is 12.1. The van der Waals surface area contributed by atoms with Crippen LogP contribution in [0.5, 0.6) is 0 Å². The van der Waals surface area contributed by atoms with Gasteiger partial charge in [-0.3, -0.25) is 4.79 Å². The number of likely N-dealkylation sites (N-methyl/N-ethyl adjacent to an activating group) is 1. The van der Waals surface area contributed by atoms with E-state index < -0.39 is 0 Å². The third kappa shape index (κ3) is 3.63. The lowest BCUT2D eigenvalue weighted by Gasteiger charge is -2.18. The number of nitrogens with zero attached hydrogens (tertiary/aromatic N) is 1. The standard InChI is InChI=1S/C14H19NO/c1-11-6-5-7-14(13(3)16)12(2)8-9-15(4)10-11/h5-7H,1-2,8-10H2,3-4H3/b6-5-,14-7+. The molecular weight excluding hydrogens is 198 g/mol. The molecule has 0 bridgehead atoms. The van der Waals surface area contributed by atoms with E-state index in [9.17, 15) is 4.79 Å². The average molecular weight is 217 g/mol. The van der Waals surface area contributed by atoms with Gasteiger partial charge in [0.1, 0.15) is 0 Å². The Morgan fingerprint density at radius 1 is 1.44 bits per heavy atom. The molecule has 0 saturated heterocycles. The van der Waals surface area contributed by atoms with Gasteiger partial charge in [-0.05, 0) is 31.5 Å². The summed E-state index contributed by atoms with van der Waals surface area (Å²) in [6.07, 6.45) is 6.48. The highest BCUT2D eigenvalue weighted by Gasteiger charge is 2.10. The van der Waals surface area contributed by atoms with Crippen LogP contribution in [0.25, 0.3) is 0 Å². The Morgan fingerprint density at radius 3 is 2.75 bits per heavy atom. The molecule has 16 heavy (non-hydrogen) atoms. The van der Waals surface area contributed by atoms with Gasteiger partial charge in [0.05, 0.1) is 0 Å². The number of hydrogen-bond acceptors (Lipinski definition) is 2. The summed E-state index contributed by atoms with van der Waals surface area (Å²) in [7, 11) is 2.05. The minimum atomic E-state index is 0.0727. The lowest BCUT2D eigenvalue weighted by Crippen LogP contribution is -2.22. The van der Waals surface area contributed by atoms with Crippen molar-refractivity contribution < 1.29 is 4.79 Å². The summed E-state index contributed by atoms with van der Waals surface area (Å²) in [6, 6.07) is 0. The van der Waals surface area contributed by atoms with E-state index in [1.165, 1.54) is 0 Å². The summed E-state index contributed by atoms with van der Waals surface area (Å²) in [4.78, 5) is 13.6. The highest BCUT2D eigenvalue weighted by molar-refractivity contribution is 5.97. The minimum absolute atomic E-state index is 0.0727. The van der Waals surface area contributed by atoms with Crippen LogP contribution in [-0.4, -0.2) is 30.8 Å². The van der Waals surface area contributed by atoms with Gasteiger partial charge >= 0.3 is 0 Å². The molecule has 0 aliphatic carbocycles. The fourth-order valence-corrected chi connectivity index (χ4v) is 1.70. The van der Waals surface area contributed by atoms with Crippen molar-refractivity contribution in [3.8, 4) is 0 Å². The van der Waals surface area contributed by atoms with E-state index in [0.717, 1.165) is 36.2 Å². The minimum Gasteiger partial charge on any atom is -0.302 e. The highest BCUT2D eigenvalue weighted by atomic mass is 16.1. The monoisotopic (exact) mass is 217 g/mol. The van der Waals surface area contributed by atoms with Gasteiger partial charge in [0, 0.05) is 18.7 Å². The summed E-state index contributed by atoms with van der Waals surface area (Å²) < 4.78 is 0. The number of hydrogen-bond donors (Lipinski definition) is 0. The van der Waals surface area contributed by atoms with Gasteiger partial charge in [0.15, 0.2) is 5.78 Å². The zero-order valence-electron chi connectivity index (χ0n) is 10.1. The van der Waals surface area contributed by atoms with Gasteiger partial charge in [-0.2, -0.15) is 0 Å². The molecule has 2 heteroatoms. The van der Waals surface area contributed by atoms with E-state index >= 15 is 0 Å². The Balaban J connectivity index is 2.96. The van der Waals surface area contributed by atoms with Crippen molar-refractivity contribution in [1.82, 2.24) is 4.90 Å². The molecule has 0 saturated carbocycles. The van der Waals surface area contributed by atoms with Crippen LogP contribution < -0.4 is 0 Å². The molecule has 1 aliphatic rings. The van der Waals surface area contributed by atoms with Crippen LogP contribution in [0.2, 0.25) is 0 Å². The molecule has 0 amide bonds. The zero-order valence-corrected chi connectivity index (χ0v) is 10.1. The maximum Gasteiger partial charge on any atom is 0.160 e. The van der Waals surface area contributed by atoms with Gasteiger partial charge in [-0.15, -0.1) is 0 Å². The number of carbonyl (C=O) groups excluding carboxylic acids is 1. The topological polar surface area (TPSA) is 20.3 Å². The molecule has 0 aromatic carbocycles. The van der Waals surface area contributed by atoms with Crippen molar-refractivity contribution in [2.45, 2.75) is 13.3 Å². The Kier molecular flexibility index (Phi) is 4.44. The maximum absolute atomic E-state index is 11.4. The largest absolute Gasteiger partial charge is 0.302 e. The molecule has 1 aliphatic heterocycles. The first-order valence-electron chi connectivity index (χ1n) is 5.44. The molecular formula is C14H19NO. The second kappa shape index (κ2) is 5.61. The third-order valence-electron chi connectivity index (χ3n) is 2.62. The Hall–Kier alpha value is -1.41. The van der Waals surface area contributed by atoms with Crippen molar-refractivity contribution in [2.75, 3.05) is 20.1 Å². The summed E-state index contributed by atoms with van der Waals surface area (Å²) >= 11 is 0. The van der Waals surface area contributed by atoms with Crippen molar-refractivity contribution in [3.05, 3.63) is 48.1 Å². The number of carbonyl (C=O) groups is 1. The van der Waals surface area contributed by atoms with Crippen LogP contribution in [0.3, 0.4) is 0 Å². The molecule has 0 spiro atoms. The second-order valence-electron chi connectivity index (χ2n) is 4.25. The van der Waals surface area contributed by atoms with Crippen molar-refractivity contribution in [2.24, 2.45) is 0 Å².